The molecule has 0 amide bonds. The molecule has 3 atom stereocenters. The molecule has 1 heterocycles. The number of likely N-dealkylation sites (tertiary alicyclic amines) is 1. The third-order valence-electron chi connectivity index (χ3n) is 5.92. The van der Waals surface area contributed by atoms with Gasteiger partial charge in [0.1, 0.15) is 0 Å². The van der Waals surface area contributed by atoms with Crippen LogP contribution in [0, 0.1) is 5.92 Å². The van der Waals surface area contributed by atoms with E-state index >= 15 is 0 Å². The zero-order valence-electron chi connectivity index (χ0n) is 14.9. The molecule has 2 aliphatic rings. The van der Waals surface area contributed by atoms with E-state index in [1.54, 1.807) is 11.1 Å². The number of rotatable bonds is 4. The predicted molar refractivity (Wildman–Crippen MR) is 101 cm³/mol. The summed E-state index contributed by atoms with van der Waals surface area (Å²) in [4.78, 5) is 4.98. The Morgan fingerprint density at radius 1 is 0.958 bits per heavy atom. The van der Waals surface area contributed by atoms with Gasteiger partial charge in [-0.3, -0.25) is 0 Å². The summed E-state index contributed by atoms with van der Waals surface area (Å²) >= 11 is 0. The Morgan fingerprint density at radius 2 is 1.67 bits per heavy atom. The summed E-state index contributed by atoms with van der Waals surface area (Å²) in [5, 5.41) is 0. The molecule has 0 unspecified atom stereocenters. The van der Waals surface area contributed by atoms with Gasteiger partial charge in [0.25, 0.3) is 0 Å². The quantitative estimate of drug-likeness (QED) is 0.845. The van der Waals surface area contributed by atoms with Crippen molar-refractivity contribution >= 4 is 0 Å². The number of likely N-dealkylation sites (N-methyl/N-ethyl adjacent to an activating group) is 1. The smallest absolute Gasteiger partial charge is 0.0138 e. The van der Waals surface area contributed by atoms with E-state index in [4.69, 9.17) is 0 Å². The van der Waals surface area contributed by atoms with Gasteiger partial charge >= 0.3 is 0 Å². The van der Waals surface area contributed by atoms with Crippen LogP contribution in [0.15, 0.2) is 54.6 Å². The van der Waals surface area contributed by atoms with E-state index in [9.17, 15) is 0 Å². The highest BCUT2D eigenvalue weighted by Gasteiger charge is 2.43. The minimum Gasteiger partial charge on any atom is -0.308 e. The number of hydrogen-bond acceptors (Lipinski definition) is 2. The van der Waals surface area contributed by atoms with Crippen molar-refractivity contribution in [3.8, 4) is 0 Å². The molecule has 2 nitrogen and oxygen atoms in total. The summed E-state index contributed by atoms with van der Waals surface area (Å²) < 4.78 is 0. The monoisotopic (exact) mass is 320 g/mol. The molecule has 1 aliphatic heterocycles. The maximum atomic E-state index is 2.68. The number of hydrogen-bond donors (Lipinski definition) is 0. The number of nitrogens with zero attached hydrogens (tertiary/aromatic N) is 2. The van der Waals surface area contributed by atoms with E-state index in [2.05, 4.69) is 78.5 Å². The molecule has 1 saturated heterocycles. The Kier molecular flexibility index (Phi) is 4.43. The van der Waals surface area contributed by atoms with Gasteiger partial charge in [0.2, 0.25) is 0 Å². The fourth-order valence-electron chi connectivity index (χ4n) is 4.77. The van der Waals surface area contributed by atoms with Gasteiger partial charge in [-0.05, 0) is 55.6 Å². The summed E-state index contributed by atoms with van der Waals surface area (Å²) in [5.74, 6) is 2.03. The zero-order chi connectivity index (χ0) is 16.5. The first-order valence-corrected chi connectivity index (χ1v) is 9.25. The summed E-state index contributed by atoms with van der Waals surface area (Å²) in [7, 11) is 4.34. The second kappa shape index (κ2) is 6.70. The van der Waals surface area contributed by atoms with Crippen LogP contribution in [0.3, 0.4) is 0 Å². The molecule has 2 aromatic carbocycles. The van der Waals surface area contributed by atoms with Crippen LogP contribution in [-0.2, 0) is 0 Å². The Bertz CT molecular complexity index is 679. The Hall–Kier alpha value is -1.64. The van der Waals surface area contributed by atoms with E-state index in [-0.39, 0.29) is 0 Å². The summed E-state index contributed by atoms with van der Waals surface area (Å²) in [6.45, 7) is 4.81. The molecule has 0 saturated carbocycles. The first kappa shape index (κ1) is 15.9. The van der Waals surface area contributed by atoms with Crippen molar-refractivity contribution in [3.05, 3.63) is 71.3 Å². The summed E-state index contributed by atoms with van der Waals surface area (Å²) in [6, 6.07) is 20.4. The second-order valence-electron chi connectivity index (χ2n) is 7.68. The third-order valence-corrected chi connectivity index (χ3v) is 5.92. The van der Waals surface area contributed by atoms with Gasteiger partial charge in [-0.25, -0.2) is 0 Å². The van der Waals surface area contributed by atoms with Gasteiger partial charge in [0.05, 0.1) is 0 Å². The highest BCUT2D eigenvalue weighted by molar-refractivity contribution is 5.46. The predicted octanol–water partition coefficient (Wildman–Crippen LogP) is 3.80. The lowest BCUT2D eigenvalue weighted by Crippen LogP contribution is -2.42. The molecule has 126 valence electrons. The van der Waals surface area contributed by atoms with Gasteiger partial charge in [-0.1, -0.05) is 54.6 Å². The van der Waals surface area contributed by atoms with E-state index in [1.165, 1.54) is 31.6 Å². The minimum atomic E-state index is 0.564. The van der Waals surface area contributed by atoms with E-state index < -0.39 is 0 Å². The Balaban J connectivity index is 1.64. The van der Waals surface area contributed by atoms with Gasteiger partial charge in [0.15, 0.2) is 0 Å². The Labute approximate surface area is 146 Å². The lowest BCUT2D eigenvalue weighted by atomic mass is 9.79. The van der Waals surface area contributed by atoms with Crippen LogP contribution in [0.1, 0.15) is 34.9 Å². The van der Waals surface area contributed by atoms with E-state index in [1.807, 2.05) is 0 Å². The largest absolute Gasteiger partial charge is 0.308 e. The van der Waals surface area contributed by atoms with Crippen LogP contribution >= 0.6 is 0 Å². The SMILES string of the molecule is CN(C)CCN1CC[C@H]2c3ccccc3[C@H](c3ccccc3)[C@H]2C1. The average molecular weight is 320 g/mol. The molecular weight excluding hydrogens is 292 g/mol. The van der Waals surface area contributed by atoms with Crippen LogP contribution in [-0.4, -0.2) is 50.1 Å². The normalized spacial score (nSPS) is 26.4. The highest BCUT2D eigenvalue weighted by Crippen LogP contribution is 2.52. The average Bonchev–Trinajstić information content (AvgIpc) is 2.94. The number of piperidine rings is 1. The number of fused-ring (bicyclic) bond motifs is 3. The molecular formula is C22H28N2. The van der Waals surface area contributed by atoms with E-state index in [0.717, 1.165) is 18.4 Å². The molecule has 0 N–H and O–H groups in total. The fraction of sp³-hybridized carbons (Fsp3) is 0.455. The van der Waals surface area contributed by atoms with Gasteiger partial charge in [0, 0.05) is 25.6 Å². The fourth-order valence-corrected chi connectivity index (χ4v) is 4.77. The molecule has 2 heteroatoms. The second-order valence-corrected chi connectivity index (χ2v) is 7.68. The van der Waals surface area contributed by atoms with Crippen molar-refractivity contribution in [1.29, 1.82) is 0 Å². The van der Waals surface area contributed by atoms with Gasteiger partial charge < -0.3 is 9.80 Å². The maximum Gasteiger partial charge on any atom is 0.0138 e. The van der Waals surface area contributed by atoms with Crippen LogP contribution in [0.4, 0.5) is 0 Å². The van der Waals surface area contributed by atoms with Crippen LogP contribution in [0.25, 0.3) is 0 Å². The molecule has 0 spiro atoms. The molecule has 1 fully saturated rings. The summed E-state index contributed by atoms with van der Waals surface area (Å²) in [6.07, 6.45) is 1.30. The van der Waals surface area contributed by atoms with Crippen molar-refractivity contribution in [3.63, 3.8) is 0 Å². The molecule has 0 aromatic heterocycles. The minimum absolute atomic E-state index is 0.564. The first-order valence-electron chi connectivity index (χ1n) is 9.25. The lowest BCUT2D eigenvalue weighted by Gasteiger charge is -2.38. The molecule has 0 radical (unpaired) electrons. The van der Waals surface area contributed by atoms with Crippen molar-refractivity contribution in [1.82, 2.24) is 9.80 Å². The Morgan fingerprint density at radius 3 is 2.42 bits per heavy atom. The third kappa shape index (κ3) is 2.89. The van der Waals surface area contributed by atoms with Crippen LogP contribution in [0.2, 0.25) is 0 Å². The van der Waals surface area contributed by atoms with Crippen molar-refractivity contribution in [2.75, 3.05) is 40.3 Å². The molecule has 2 aromatic rings. The molecule has 4 rings (SSSR count). The van der Waals surface area contributed by atoms with Crippen molar-refractivity contribution in [2.45, 2.75) is 18.3 Å². The topological polar surface area (TPSA) is 6.48 Å². The molecule has 1 aliphatic carbocycles. The molecule has 0 bridgehead atoms. The van der Waals surface area contributed by atoms with Crippen LogP contribution in [0.5, 0.6) is 0 Å². The van der Waals surface area contributed by atoms with Gasteiger partial charge in [-0.15, -0.1) is 0 Å². The lowest BCUT2D eigenvalue weighted by molar-refractivity contribution is 0.143. The van der Waals surface area contributed by atoms with Crippen molar-refractivity contribution < 1.29 is 0 Å². The number of benzene rings is 2. The summed E-state index contributed by atoms with van der Waals surface area (Å²) in [5.41, 5.74) is 4.68. The maximum absolute atomic E-state index is 2.68. The highest BCUT2D eigenvalue weighted by atomic mass is 15.2. The standard InChI is InChI=1S/C22H28N2/c1-23(2)14-15-24-13-12-19-18-10-6-7-11-20(18)22(21(19)16-24)17-8-4-3-5-9-17/h3-11,19,21-22H,12-16H2,1-2H3/t19-,21-,22-/m0/s1. The zero-order valence-corrected chi connectivity index (χ0v) is 14.9. The van der Waals surface area contributed by atoms with Crippen molar-refractivity contribution in [2.24, 2.45) is 5.92 Å². The first-order chi connectivity index (χ1) is 11.7. The van der Waals surface area contributed by atoms with Crippen LogP contribution < -0.4 is 0 Å². The van der Waals surface area contributed by atoms with E-state index in [0.29, 0.717) is 5.92 Å². The van der Waals surface area contributed by atoms with Gasteiger partial charge in [-0.2, -0.15) is 0 Å². The molecule has 24 heavy (non-hydrogen) atoms.